The van der Waals surface area contributed by atoms with Gasteiger partial charge in [0.2, 0.25) is 11.8 Å². The third-order valence-electron chi connectivity index (χ3n) is 3.62. The maximum atomic E-state index is 12.1. The highest BCUT2D eigenvalue weighted by Gasteiger charge is 2.11. The normalized spacial score (nSPS) is 11.5. The lowest BCUT2D eigenvalue weighted by molar-refractivity contribution is -0.119. The summed E-state index contributed by atoms with van der Waals surface area (Å²) in [5.74, 6) is 0.984. The molecule has 0 radical (unpaired) electrons. The molecule has 27 heavy (non-hydrogen) atoms. The predicted octanol–water partition coefficient (Wildman–Crippen LogP) is 4.40. The monoisotopic (exact) mass is 450 g/mol. The average molecular weight is 451 g/mol. The van der Waals surface area contributed by atoms with Gasteiger partial charge in [0.1, 0.15) is 5.75 Å². The second-order valence-electron chi connectivity index (χ2n) is 5.85. The van der Waals surface area contributed by atoms with Gasteiger partial charge in [0.15, 0.2) is 0 Å². The smallest absolute Gasteiger partial charge is 0.234 e. The molecule has 2 N–H and O–H groups in total. The van der Waals surface area contributed by atoms with Gasteiger partial charge in [-0.25, -0.2) is 0 Å². The third-order valence-corrected chi connectivity index (χ3v) is 5.05. The molecule has 2 aromatic rings. The van der Waals surface area contributed by atoms with Crippen LogP contribution in [0.25, 0.3) is 0 Å². The van der Waals surface area contributed by atoms with Crippen molar-refractivity contribution in [1.29, 1.82) is 0 Å². The number of hydrogen-bond donors (Lipinski definition) is 2. The molecule has 2 aromatic carbocycles. The van der Waals surface area contributed by atoms with Crippen LogP contribution in [0.2, 0.25) is 0 Å². The summed E-state index contributed by atoms with van der Waals surface area (Å²) in [6.07, 6.45) is 0. The topological polar surface area (TPSA) is 67.4 Å². The van der Waals surface area contributed by atoms with Gasteiger partial charge in [0.25, 0.3) is 0 Å². The highest BCUT2D eigenvalue weighted by Crippen LogP contribution is 2.19. The second kappa shape index (κ2) is 11.0. The SMILES string of the molecule is CCOc1cccc(C(C)NC(=O)CSCC(=O)Nc2cccc(Br)c2)c1. The van der Waals surface area contributed by atoms with E-state index in [1.165, 1.54) is 11.8 Å². The van der Waals surface area contributed by atoms with E-state index in [-0.39, 0.29) is 29.4 Å². The fourth-order valence-corrected chi connectivity index (χ4v) is 3.43. The first-order chi connectivity index (χ1) is 13.0. The Morgan fingerprint density at radius 2 is 1.85 bits per heavy atom. The minimum Gasteiger partial charge on any atom is -0.494 e. The lowest BCUT2D eigenvalue weighted by Gasteiger charge is -2.15. The van der Waals surface area contributed by atoms with E-state index in [9.17, 15) is 9.59 Å². The van der Waals surface area contributed by atoms with Gasteiger partial charge in [-0.3, -0.25) is 9.59 Å². The molecule has 0 bridgehead atoms. The van der Waals surface area contributed by atoms with Gasteiger partial charge in [0, 0.05) is 10.2 Å². The molecular weight excluding hydrogens is 428 g/mol. The molecule has 0 heterocycles. The van der Waals surface area contributed by atoms with Crippen molar-refractivity contribution in [3.05, 3.63) is 58.6 Å². The van der Waals surface area contributed by atoms with Crippen LogP contribution in [0.1, 0.15) is 25.5 Å². The largest absolute Gasteiger partial charge is 0.494 e. The zero-order valence-corrected chi connectivity index (χ0v) is 17.7. The number of hydrogen-bond acceptors (Lipinski definition) is 4. The quantitative estimate of drug-likeness (QED) is 0.593. The Bertz CT molecular complexity index is 785. The molecule has 0 spiro atoms. The lowest BCUT2D eigenvalue weighted by atomic mass is 10.1. The third kappa shape index (κ3) is 7.64. The van der Waals surface area contributed by atoms with E-state index in [1.807, 2.05) is 62.4 Å². The number of thioether (sulfide) groups is 1. The number of rotatable bonds is 9. The first-order valence-corrected chi connectivity index (χ1v) is 10.6. The molecule has 0 saturated heterocycles. The zero-order chi connectivity index (χ0) is 19.6. The minimum atomic E-state index is -0.136. The fraction of sp³-hybridized carbons (Fsp3) is 0.300. The molecule has 0 saturated carbocycles. The Morgan fingerprint density at radius 3 is 2.59 bits per heavy atom. The van der Waals surface area contributed by atoms with Crippen LogP contribution in [0.4, 0.5) is 5.69 Å². The van der Waals surface area contributed by atoms with Crippen molar-refractivity contribution in [2.75, 3.05) is 23.4 Å². The van der Waals surface area contributed by atoms with Crippen LogP contribution in [0.15, 0.2) is 53.0 Å². The van der Waals surface area contributed by atoms with E-state index in [0.717, 1.165) is 21.5 Å². The minimum absolute atomic E-state index is 0.107. The predicted molar refractivity (Wildman–Crippen MR) is 114 cm³/mol. The van der Waals surface area contributed by atoms with Crippen molar-refractivity contribution in [1.82, 2.24) is 5.32 Å². The summed E-state index contributed by atoms with van der Waals surface area (Å²) < 4.78 is 6.38. The second-order valence-corrected chi connectivity index (χ2v) is 7.75. The van der Waals surface area contributed by atoms with E-state index in [0.29, 0.717) is 6.61 Å². The number of carbonyl (C=O) groups excluding carboxylic acids is 2. The Labute approximate surface area is 172 Å². The maximum absolute atomic E-state index is 12.1. The molecule has 144 valence electrons. The molecule has 5 nitrogen and oxygen atoms in total. The number of nitrogens with one attached hydrogen (secondary N) is 2. The van der Waals surface area contributed by atoms with Crippen molar-refractivity contribution in [2.24, 2.45) is 0 Å². The first-order valence-electron chi connectivity index (χ1n) is 8.63. The first kappa shape index (κ1) is 21.3. The van der Waals surface area contributed by atoms with Crippen LogP contribution in [-0.4, -0.2) is 29.9 Å². The van der Waals surface area contributed by atoms with Crippen LogP contribution in [0, 0.1) is 0 Å². The van der Waals surface area contributed by atoms with E-state index < -0.39 is 0 Å². The number of halogens is 1. The van der Waals surface area contributed by atoms with Crippen molar-refractivity contribution in [2.45, 2.75) is 19.9 Å². The fourth-order valence-electron chi connectivity index (χ4n) is 2.41. The molecule has 0 aliphatic heterocycles. The molecule has 0 aliphatic carbocycles. The molecule has 0 aromatic heterocycles. The molecule has 1 atom stereocenters. The summed E-state index contributed by atoms with van der Waals surface area (Å²) in [4.78, 5) is 24.1. The van der Waals surface area contributed by atoms with Crippen LogP contribution < -0.4 is 15.4 Å². The van der Waals surface area contributed by atoms with Gasteiger partial charge in [-0.2, -0.15) is 0 Å². The van der Waals surface area contributed by atoms with E-state index in [1.54, 1.807) is 0 Å². The van der Waals surface area contributed by atoms with Gasteiger partial charge >= 0.3 is 0 Å². The van der Waals surface area contributed by atoms with Gasteiger partial charge in [-0.15, -0.1) is 11.8 Å². The number of amides is 2. The Hall–Kier alpha value is -1.99. The Kier molecular flexibility index (Phi) is 8.67. The number of benzene rings is 2. The van der Waals surface area contributed by atoms with E-state index >= 15 is 0 Å². The van der Waals surface area contributed by atoms with E-state index in [4.69, 9.17) is 4.74 Å². The van der Waals surface area contributed by atoms with Gasteiger partial charge in [-0.1, -0.05) is 34.1 Å². The van der Waals surface area contributed by atoms with Gasteiger partial charge < -0.3 is 15.4 Å². The summed E-state index contributed by atoms with van der Waals surface area (Å²) in [5, 5.41) is 5.75. The van der Waals surface area contributed by atoms with Crippen molar-refractivity contribution in [3.8, 4) is 5.75 Å². The van der Waals surface area contributed by atoms with Crippen LogP contribution >= 0.6 is 27.7 Å². The maximum Gasteiger partial charge on any atom is 0.234 e. The molecule has 2 rings (SSSR count). The van der Waals surface area contributed by atoms with Crippen molar-refractivity contribution >= 4 is 45.2 Å². The standard InChI is InChI=1S/C20H23BrN2O3S/c1-3-26-18-9-4-6-15(10-18)14(2)22-19(24)12-27-13-20(25)23-17-8-5-7-16(21)11-17/h4-11,14H,3,12-13H2,1-2H3,(H,22,24)(H,23,25). The summed E-state index contributed by atoms with van der Waals surface area (Å²) in [7, 11) is 0. The van der Waals surface area contributed by atoms with E-state index in [2.05, 4.69) is 26.6 Å². The highest BCUT2D eigenvalue weighted by atomic mass is 79.9. The molecule has 1 unspecified atom stereocenters. The molecular formula is C20H23BrN2O3S. The molecule has 0 aliphatic rings. The summed E-state index contributed by atoms with van der Waals surface area (Å²) in [5.41, 5.74) is 1.70. The van der Waals surface area contributed by atoms with Crippen LogP contribution in [0.3, 0.4) is 0 Å². The van der Waals surface area contributed by atoms with Crippen molar-refractivity contribution < 1.29 is 14.3 Å². The molecule has 0 fully saturated rings. The Morgan fingerprint density at radius 1 is 1.11 bits per heavy atom. The summed E-state index contributed by atoms with van der Waals surface area (Å²) in [6, 6.07) is 14.9. The van der Waals surface area contributed by atoms with Crippen LogP contribution in [0.5, 0.6) is 5.75 Å². The Balaban J connectivity index is 1.74. The van der Waals surface area contributed by atoms with Gasteiger partial charge in [-0.05, 0) is 49.7 Å². The number of carbonyl (C=O) groups is 2. The van der Waals surface area contributed by atoms with Gasteiger partial charge in [0.05, 0.1) is 24.2 Å². The zero-order valence-electron chi connectivity index (χ0n) is 15.3. The summed E-state index contributed by atoms with van der Waals surface area (Å²) in [6.45, 7) is 4.46. The number of anilines is 1. The van der Waals surface area contributed by atoms with Crippen LogP contribution in [-0.2, 0) is 9.59 Å². The highest BCUT2D eigenvalue weighted by molar-refractivity contribution is 9.10. The molecule has 7 heteroatoms. The summed E-state index contributed by atoms with van der Waals surface area (Å²) >= 11 is 4.64. The lowest BCUT2D eigenvalue weighted by Crippen LogP contribution is -2.28. The number of ether oxygens (including phenoxy) is 1. The van der Waals surface area contributed by atoms with Crippen molar-refractivity contribution in [3.63, 3.8) is 0 Å². The average Bonchev–Trinajstić information content (AvgIpc) is 2.62. The molecule has 2 amide bonds.